The van der Waals surface area contributed by atoms with Crippen molar-refractivity contribution in [3.05, 3.63) is 33.9 Å². The maximum Gasteiger partial charge on any atom is 0.312 e. The van der Waals surface area contributed by atoms with Gasteiger partial charge in [0, 0.05) is 15.4 Å². The molecule has 0 radical (unpaired) electrons. The second kappa shape index (κ2) is 4.58. The number of aromatic nitrogens is 1. The van der Waals surface area contributed by atoms with Crippen molar-refractivity contribution in [3.8, 4) is 0 Å². The van der Waals surface area contributed by atoms with Gasteiger partial charge in [0.15, 0.2) is 0 Å². The normalized spacial score (nSPS) is 28.7. The van der Waals surface area contributed by atoms with Crippen molar-refractivity contribution >= 4 is 32.8 Å². The smallest absolute Gasteiger partial charge is 0.312 e. The average molecular weight is 350 g/mol. The lowest BCUT2D eigenvalue weighted by Crippen LogP contribution is -2.41. The number of aromatic amines is 1. The standard InChI is InChI=1S/C16H16BrNO3/c1-16(12-5-6-20-15(12)19)14-10(4-7-21-16)11-8-9(17)2-3-13(11)18-14/h2-3,8,12,18H,4-7H2,1H3/t12-,16+/m0/s1. The summed E-state index contributed by atoms with van der Waals surface area (Å²) in [7, 11) is 0. The van der Waals surface area contributed by atoms with E-state index in [4.69, 9.17) is 9.47 Å². The maximum absolute atomic E-state index is 12.0. The average Bonchev–Trinajstić information content (AvgIpc) is 3.04. The predicted octanol–water partition coefficient (Wildman–Crippen LogP) is 3.28. The molecule has 0 aliphatic carbocycles. The summed E-state index contributed by atoms with van der Waals surface area (Å²) in [6.45, 7) is 3.13. The largest absolute Gasteiger partial charge is 0.465 e. The van der Waals surface area contributed by atoms with Gasteiger partial charge in [0.1, 0.15) is 5.60 Å². The molecule has 2 atom stereocenters. The van der Waals surface area contributed by atoms with E-state index < -0.39 is 5.60 Å². The van der Waals surface area contributed by atoms with Crippen molar-refractivity contribution in [2.45, 2.75) is 25.4 Å². The highest BCUT2D eigenvalue weighted by atomic mass is 79.9. The van der Waals surface area contributed by atoms with Gasteiger partial charge in [-0.2, -0.15) is 0 Å². The summed E-state index contributed by atoms with van der Waals surface area (Å²) in [5.41, 5.74) is 2.77. The molecule has 1 aromatic heterocycles. The van der Waals surface area contributed by atoms with Crippen molar-refractivity contribution < 1.29 is 14.3 Å². The molecule has 21 heavy (non-hydrogen) atoms. The fraction of sp³-hybridized carbons (Fsp3) is 0.438. The number of hydrogen-bond donors (Lipinski definition) is 1. The van der Waals surface area contributed by atoms with Gasteiger partial charge in [-0.15, -0.1) is 0 Å². The summed E-state index contributed by atoms with van der Waals surface area (Å²) < 4.78 is 12.3. The van der Waals surface area contributed by atoms with Gasteiger partial charge < -0.3 is 14.5 Å². The molecule has 110 valence electrons. The summed E-state index contributed by atoms with van der Waals surface area (Å²) in [4.78, 5) is 15.5. The molecule has 2 aromatic rings. The Hall–Kier alpha value is -1.33. The molecule has 5 heteroatoms. The zero-order valence-electron chi connectivity index (χ0n) is 11.7. The molecular formula is C16H16BrNO3. The Morgan fingerprint density at radius 2 is 2.24 bits per heavy atom. The first-order valence-corrected chi connectivity index (χ1v) is 8.00. The number of carbonyl (C=O) groups is 1. The van der Waals surface area contributed by atoms with E-state index in [1.165, 1.54) is 10.9 Å². The van der Waals surface area contributed by atoms with E-state index in [1.807, 2.05) is 13.0 Å². The number of halogens is 1. The summed E-state index contributed by atoms with van der Waals surface area (Å²) in [5.74, 6) is -0.377. The lowest BCUT2D eigenvalue weighted by molar-refractivity contribution is -0.154. The predicted molar refractivity (Wildman–Crippen MR) is 82.1 cm³/mol. The molecule has 1 N–H and O–H groups in total. The van der Waals surface area contributed by atoms with Gasteiger partial charge in [0.2, 0.25) is 0 Å². The first-order chi connectivity index (χ1) is 10.1. The van der Waals surface area contributed by atoms with Gasteiger partial charge >= 0.3 is 5.97 Å². The van der Waals surface area contributed by atoms with Crippen LogP contribution in [0.3, 0.4) is 0 Å². The van der Waals surface area contributed by atoms with E-state index in [1.54, 1.807) is 0 Å². The third-order valence-electron chi connectivity index (χ3n) is 4.72. The highest BCUT2D eigenvalue weighted by Gasteiger charge is 2.49. The lowest BCUT2D eigenvalue weighted by atomic mass is 9.81. The van der Waals surface area contributed by atoms with E-state index in [2.05, 4.69) is 33.0 Å². The quantitative estimate of drug-likeness (QED) is 0.803. The number of nitrogens with one attached hydrogen (secondary N) is 1. The first-order valence-electron chi connectivity index (χ1n) is 7.21. The van der Waals surface area contributed by atoms with Crippen molar-refractivity contribution in [3.63, 3.8) is 0 Å². The van der Waals surface area contributed by atoms with E-state index in [0.29, 0.717) is 19.6 Å². The van der Waals surface area contributed by atoms with Gasteiger partial charge in [0.25, 0.3) is 0 Å². The zero-order valence-corrected chi connectivity index (χ0v) is 13.3. The van der Waals surface area contributed by atoms with Crippen LogP contribution in [-0.2, 0) is 26.3 Å². The molecule has 2 aliphatic rings. The molecule has 1 fully saturated rings. The Kier molecular flexibility index (Phi) is 2.91. The molecule has 2 aliphatic heterocycles. The number of carbonyl (C=O) groups excluding carboxylic acids is 1. The first kappa shape index (κ1) is 13.3. The monoisotopic (exact) mass is 349 g/mol. The third kappa shape index (κ3) is 1.87. The number of benzene rings is 1. The summed E-state index contributed by atoms with van der Waals surface area (Å²) >= 11 is 3.53. The van der Waals surface area contributed by atoms with Crippen molar-refractivity contribution in [1.82, 2.24) is 4.98 Å². The molecule has 1 aromatic carbocycles. The Morgan fingerprint density at radius 1 is 1.38 bits per heavy atom. The summed E-state index contributed by atoms with van der Waals surface area (Å²) in [6.07, 6.45) is 1.58. The van der Waals surface area contributed by atoms with E-state index in [9.17, 15) is 4.79 Å². The van der Waals surface area contributed by atoms with Crippen LogP contribution in [0.4, 0.5) is 0 Å². The van der Waals surface area contributed by atoms with Gasteiger partial charge in [-0.3, -0.25) is 4.79 Å². The van der Waals surface area contributed by atoms with Crippen molar-refractivity contribution in [2.75, 3.05) is 13.2 Å². The maximum atomic E-state index is 12.0. The van der Waals surface area contributed by atoms with Crippen LogP contribution in [0.2, 0.25) is 0 Å². The van der Waals surface area contributed by atoms with Crippen LogP contribution in [0.25, 0.3) is 10.9 Å². The minimum atomic E-state index is -0.618. The zero-order chi connectivity index (χ0) is 14.6. The van der Waals surface area contributed by atoms with Gasteiger partial charge in [-0.25, -0.2) is 0 Å². The van der Waals surface area contributed by atoms with Gasteiger partial charge in [-0.1, -0.05) is 15.9 Å². The topological polar surface area (TPSA) is 51.3 Å². The van der Waals surface area contributed by atoms with Crippen LogP contribution < -0.4 is 0 Å². The molecule has 0 bridgehead atoms. The van der Waals surface area contributed by atoms with Crippen molar-refractivity contribution in [2.24, 2.45) is 5.92 Å². The lowest BCUT2D eigenvalue weighted by Gasteiger charge is -2.37. The number of H-pyrrole nitrogens is 1. The highest BCUT2D eigenvalue weighted by molar-refractivity contribution is 9.10. The Balaban J connectivity index is 1.91. The van der Waals surface area contributed by atoms with E-state index in [0.717, 1.165) is 22.1 Å². The Labute approximate surface area is 130 Å². The molecule has 3 heterocycles. The van der Waals surface area contributed by atoms with Crippen LogP contribution in [0.15, 0.2) is 22.7 Å². The van der Waals surface area contributed by atoms with Crippen LogP contribution in [0, 0.1) is 5.92 Å². The van der Waals surface area contributed by atoms with E-state index in [-0.39, 0.29) is 11.9 Å². The second-order valence-corrected chi connectivity index (χ2v) is 6.80. The highest BCUT2D eigenvalue weighted by Crippen LogP contribution is 2.44. The fourth-order valence-corrected chi connectivity index (χ4v) is 3.97. The summed E-state index contributed by atoms with van der Waals surface area (Å²) in [5, 5.41) is 1.21. The Morgan fingerprint density at radius 3 is 3.00 bits per heavy atom. The molecular weight excluding hydrogens is 334 g/mol. The number of fused-ring (bicyclic) bond motifs is 3. The molecule has 4 nitrogen and oxygen atoms in total. The molecule has 1 saturated heterocycles. The minimum absolute atomic E-state index is 0.148. The van der Waals surface area contributed by atoms with Crippen LogP contribution >= 0.6 is 15.9 Å². The number of ether oxygens (including phenoxy) is 2. The number of rotatable bonds is 1. The Bertz CT molecular complexity index is 738. The van der Waals surface area contributed by atoms with Crippen molar-refractivity contribution in [1.29, 1.82) is 0 Å². The molecule has 0 saturated carbocycles. The van der Waals surface area contributed by atoms with Crippen LogP contribution in [0.5, 0.6) is 0 Å². The van der Waals surface area contributed by atoms with Gasteiger partial charge in [0.05, 0.1) is 24.8 Å². The number of hydrogen-bond acceptors (Lipinski definition) is 3. The van der Waals surface area contributed by atoms with E-state index >= 15 is 0 Å². The molecule has 0 amide bonds. The fourth-order valence-electron chi connectivity index (χ4n) is 3.61. The molecule has 0 unspecified atom stereocenters. The van der Waals surface area contributed by atoms with Crippen LogP contribution in [-0.4, -0.2) is 24.2 Å². The second-order valence-electron chi connectivity index (χ2n) is 5.88. The third-order valence-corrected chi connectivity index (χ3v) is 5.21. The van der Waals surface area contributed by atoms with Gasteiger partial charge in [-0.05, 0) is 43.5 Å². The summed E-state index contributed by atoms with van der Waals surface area (Å²) in [6, 6.07) is 6.21. The molecule has 0 spiro atoms. The minimum Gasteiger partial charge on any atom is -0.465 e. The number of cyclic esters (lactones) is 1. The SMILES string of the molecule is C[C@]1([C@H]2CCOC2=O)OCCc2c1[nH]c1ccc(Br)cc21. The molecule has 4 rings (SSSR count). The van der Waals surface area contributed by atoms with Crippen LogP contribution in [0.1, 0.15) is 24.6 Å². The number of esters is 1.